The number of nitrogens with zero attached hydrogens (tertiary/aromatic N) is 4. The van der Waals surface area contributed by atoms with Gasteiger partial charge in [0, 0.05) is 20.1 Å². The molecule has 3 fully saturated rings. The Balaban J connectivity index is 2.13. The summed E-state index contributed by atoms with van der Waals surface area (Å²) in [7, 11) is 1.38. The van der Waals surface area contributed by atoms with Crippen molar-refractivity contribution in [3.05, 3.63) is 0 Å². The number of aliphatic hydroxyl groups is 1. The molecule has 7 N–H and O–H groups in total. The lowest BCUT2D eigenvalue weighted by Gasteiger charge is -2.41. The third kappa shape index (κ3) is 8.56. The number of cyclic esters (lactones) is 1. The molecule has 0 aromatic heterocycles. The summed E-state index contributed by atoms with van der Waals surface area (Å²) >= 11 is 0. The average molecular weight is 669 g/mol. The number of hydrogen-bond donors (Lipinski definition) is 6. The Hall–Kier alpha value is -3.38. The first-order valence-corrected chi connectivity index (χ1v) is 16.4. The van der Waals surface area contributed by atoms with E-state index in [1.807, 2.05) is 13.8 Å². The van der Waals surface area contributed by atoms with Crippen LogP contribution in [0.25, 0.3) is 0 Å². The van der Waals surface area contributed by atoms with Crippen LogP contribution >= 0.6 is 0 Å². The molecule has 47 heavy (non-hydrogen) atoms. The van der Waals surface area contributed by atoms with E-state index in [0.29, 0.717) is 25.9 Å². The molecular formula is C30H52N8O9. The van der Waals surface area contributed by atoms with E-state index in [1.165, 1.54) is 20.9 Å². The van der Waals surface area contributed by atoms with Gasteiger partial charge in [0.2, 0.25) is 11.8 Å². The van der Waals surface area contributed by atoms with Crippen molar-refractivity contribution in [3.63, 3.8) is 0 Å². The molecule has 3 unspecified atom stereocenters. The number of amides is 5. The van der Waals surface area contributed by atoms with Gasteiger partial charge in [-0.05, 0) is 57.8 Å². The van der Waals surface area contributed by atoms with Gasteiger partial charge in [0.05, 0.1) is 6.10 Å². The van der Waals surface area contributed by atoms with E-state index in [4.69, 9.17) is 10.5 Å². The molecule has 3 rings (SSSR count). The molecule has 0 aromatic rings. The highest BCUT2D eigenvalue weighted by Crippen LogP contribution is 2.23. The summed E-state index contributed by atoms with van der Waals surface area (Å²) in [6.07, 6.45) is -1.18. The maximum Gasteiger partial charge on any atom is 0.331 e. The number of nitrogens with two attached hydrogens (primary N) is 1. The third-order valence-corrected chi connectivity index (χ3v) is 8.89. The fraction of sp³-hybridized carbons (Fsp3) is 0.800. The van der Waals surface area contributed by atoms with Crippen LogP contribution in [0.3, 0.4) is 0 Å². The van der Waals surface area contributed by atoms with Gasteiger partial charge in [-0.1, -0.05) is 27.7 Å². The van der Waals surface area contributed by atoms with Crippen molar-refractivity contribution in [3.8, 4) is 0 Å². The van der Waals surface area contributed by atoms with Gasteiger partial charge < -0.3 is 25.8 Å². The fourth-order valence-electron chi connectivity index (χ4n) is 6.10. The summed E-state index contributed by atoms with van der Waals surface area (Å²) in [4.78, 5) is 83.5. The summed E-state index contributed by atoms with van der Waals surface area (Å²) in [6.45, 7) is 10.3. The van der Waals surface area contributed by atoms with E-state index < -0.39 is 89.9 Å². The Kier molecular flexibility index (Phi) is 13.1. The molecular weight excluding hydrogens is 616 g/mol. The molecule has 17 heteroatoms. The van der Waals surface area contributed by atoms with Gasteiger partial charge in [-0.2, -0.15) is 0 Å². The smallest absolute Gasteiger partial charge is 0.331 e. The second-order valence-electron chi connectivity index (χ2n) is 13.4. The van der Waals surface area contributed by atoms with Crippen molar-refractivity contribution in [2.24, 2.45) is 17.6 Å². The van der Waals surface area contributed by atoms with E-state index in [9.17, 15) is 39.1 Å². The minimum atomic E-state index is -1.58. The van der Waals surface area contributed by atoms with Gasteiger partial charge in [0.15, 0.2) is 6.04 Å². The van der Waals surface area contributed by atoms with Gasteiger partial charge in [0.25, 0.3) is 17.7 Å². The first-order chi connectivity index (χ1) is 22.0. The van der Waals surface area contributed by atoms with Crippen LogP contribution in [-0.4, -0.2) is 134 Å². The van der Waals surface area contributed by atoms with Gasteiger partial charge >= 0.3 is 5.97 Å². The molecule has 266 valence electrons. The highest BCUT2D eigenvalue weighted by Gasteiger charge is 2.46. The van der Waals surface area contributed by atoms with Crippen LogP contribution < -0.4 is 21.9 Å². The van der Waals surface area contributed by atoms with E-state index in [0.717, 1.165) is 14.9 Å². The van der Waals surface area contributed by atoms with E-state index in [1.54, 1.807) is 13.8 Å². The van der Waals surface area contributed by atoms with E-state index in [2.05, 4.69) is 16.2 Å². The molecule has 8 atom stereocenters. The molecule has 0 radical (unpaired) electrons. The number of rotatable bonds is 4. The topological polar surface area (TPSA) is 227 Å². The Morgan fingerprint density at radius 2 is 1.43 bits per heavy atom. The standard InChI is InChI=1S/C30H52N8O9/c1-15(2)14-21-27(42)36-19(10-8-12-32-36)25(40)34-23(18(6)39)30(45)47-24(16(3)4)22(31)29(44)37-20(11-9-13-33-37)28(43)38(46)17(5)26(41)35(21)7/h15-24,32-33,39,46H,8-14,31H2,1-7H3,(H,34,40)/t17-,18-,19?,20+,21?,22-,23?,24-/m0/s1. The third-order valence-electron chi connectivity index (χ3n) is 8.89. The SMILES string of the molecule is CC(C)CC1C(=O)N2NCCCC2C(=O)NC([C@H](C)O)C(=O)O[C@@H](C(C)C)[C@H](N)C(=O)N2NCCC[C@@H]2C(=O)N(O)[C@@H](C)C(=O)N1C. The van der Waals surface area contributed by atoms with Crippen molar-refractivity contribution >= 4 is 35.5 Å². The quantitative estimate of drug-likeness (QED) is 0.145. The number of hydroxylamine groups is 2. The monoisotopic (exact) mass is 668 g/mol. The lowest BCUT2D eigenvalue weighted by Crippen LogP contribution is -2.65. The first kappa shape index (κ1) is 38.1. The Labute approximate surface area is 275 Å². The van der Waals surface area contributed by atoms with Crippen molar-refractivity contribution in [1.82, 2.24) is 36.1 Å². The number of fused-ring (bicyclic) bond motifs is 2. The van der Waals surface area contributed by atoms with Crippen LogP contribution in [-0.2, 0) is 33.5 Å². The number of hydrogen-bond acceptors (Lipinski definition) is 12. The van der Waals surface area contributed by atoms with Crippen LogP contribution in [0.4, 0.5) is 0 Å². The highest BCUT2D eigenvalue weighted by molar-refractivity contribution is 5.96. The van der Waals surface area contributed by atoms with Crippen LogP contribution in [0, 0.1) is 11.8 Å². The molecule has 3 saturated heterocycles. The second-order valence-corrected chi connectivity index (χ2v) is 13.4. The zero-order chi connectivity index (χ0) is 35.3. The van der Waals surface area contributed by atoms with Crippen LogP contribution in [0.15, 0.2) is 0 Å². The molecule has 0 bridgehead atoms. The Morgan fingerprint density at radius 3 is 1.96 bits per heavy atom. The number of esters is 1. The van der Waals surface area contributed by atoms with Crippen molar-refractivity contribution in [2.75, 3.05) is 20.1 Å². The molecule has 3 aliphatic rings. The summed E-state index contributed by atoms with van der Waals surface area (Å²) in [6, 6.07) is -7.99. The number of ether oxygens (including phenoxy) is 1. The summed E-state index contributed by atoms with van der Waals surface area (Å²) in [5, 5.41) is 26.5. The lowest BCUT2D eigenvalue weighted by atomic mass is 9.97. The molecule has 3 heterocycles. The maximum atomic E-state index is 14.1. The zero-order valence-corrected chi connectivity index (χ0v) is 28.3. The highest BCUT2D eigenvalue weighted by atomic mass is 16.5. The van der Waals surface area contributed by atoms with E-state index in [-0.39, 0.29) is 30.2 Å². The first-order valence-electron chi connectivity index (χ1n) is 16.4. The average Bonchev–Trinajstić information content (AvgIpc) is 3.04. The molecule has 17 nitrogen and oxygen atoms in total. The van der Waals surface area contributed by atoms with Gasteiger partial charge in [-0.25, -0.2) is 20.7 Å². The van der Waals surface area contributed by atoms with Crippen molar-refractivity contribution in [1.29, 1.82) is 0 Å². The van der Waals surface area contributed by atoms with Crippen LogP contribution in [0.1, 0.15) is 73.6 Å². The van der Waals surface area contributed by atoms with Gasteiger partial charge in [-0.15, -0.1) is 0 Å². The summed E-state index contributed by atoms with van der Waals surface area (Å²) in [5.41, 5.74) is 12.1. The van der Waals surface area contributed by atoms with Crippen LogP contribution in [0.2, 0.25) is 0 Å². The minimum Gasteiger partial charge on any atom is -0.458 e. The van der Waals surface area contributed by atoms with Crippen LogP contribution in [0.5, 0.6) is 0 Å². The van der Waals surface area contributed by atoms with Gasteiger partial charge in [-0.3, -0.25) is 39.2 Å². The van der Waals surface area contributed by atoms with E-state index >= 15 is 0 Å². The van der Waals surface area contributed by atoms with Crippen molar-refractivity contribution < 1.29 is 43.8 Å². The summed E-state index contributed by atoms with van der Waals surface area (Å²) in [5.74, 6) is -5.50. The predicted molar refractivity (Wildman–Crippen MR) is 166 cm³/mol. The van der Waals surface area contributed by atoms with Gasteiger partial charge in [0.1, 0.15) is 36.3 Å². The lowest BCUT2D eigenvalue weighted by molar-refractivity contribution is -0.191. The number of nitrogens with one attached hydrogen (secondary N) is 3. The fourth-order valence-corrected chi connectivity index (χ4v) is 6.10. The predicted octanol–water partition coefficient (Wildman–Crippen LogP) is -1.77. The normalized spacial score (nSPS) is 32.0. The Bertz CT molecular complexity index is 1180. The summed E-state index contributed by atoms with van der Waals surface area (Å²) < 4.78 is 5.67. The number of likely N-dealkylation sites (N-methyl/N-ethyl adjacent to an activating group) is 1. The molecule has 0 saturated carbocycles. The number of carbonyl (C=O) groups is 6. The Morgan fingerprint density at radius 1 is 0.872 bits per heavy atom. The maximum absolute atomic E-state index is 14.1. The number of hydrazine groups is 2. The molecule has 0 aromatic carbocycles. The zero-order valence-electron chi connectivity index (χ0n) is 28.3. The molecule has 0 spiro atoms. The number of aliphatic hydroxyl groups excluding tert-OH is 1. The molecule has 5 amide bonds. The number of carbonyl (C=O) groups excluding carboxylic acids is 6. The largest absolute Gasteiger partial charge is 0.458 e. The molecule has 3 aliphatic heterocycles. The van der Waals surface area contributed by atoms with Crippen molar-refractivity contribution in [2.45, 2.75) is 122 Å². The second kappa shape index (κ2) is 16.1. The molecule has 0 aliphatic carbocycles. The minimum absolute atomic E-state index is 0.0829.